The van der Waals surface area contributed by atoms with E-state index < -0.39 is 23.3 Å². The number of hydrogen-bond donors (Lipinski definition) is 1. The van der Waals surface area contributed by atoms with Gasteiger partial charge in [-0.25, -0.2) is 32.2 Å². The number of nitrogens with one attached hydrogen (secondary N) is 1. The summed E-state index contributed by atoms with van der Waals surface area (Å²) in [6.07, 6.45) is 2.30. The molecule has 4 aromatic rings. The number of nitrogens with zero attached hydrogens (tertiary/aromatic N) is 5. The number of halogens is 4. The Kier molecular flexibility index (Phi) is 4.45. The van der Waals surface area contributed by atoms with E-state index in [1.807, 2.05) is 0 Å². The standard InChI is InChI=1S/C19H12F4N6/c1-10-27-17-18(24)28(26-8-11-2-3-12(20)6-14(11)22)9-25-19(17)29(10)16-5-4-13(21)7-15(16)23/h2-9,24H,1H3. The quantitative estimate of drug-likeness (QED) is 0.423. The van der Waals surface area contributed by atoms with Crippen molar-refractivity contribution in [1.82, 2.24) is 19.2 Å². The molecule has 0 aliphatic rings. The topological polar surface area (TPSA) is 71.8 Å². The number of aryl methyl sites for hydroxylation is 1. The molecule has 0 saturated carbocycles. The fourth-order valence-corrected chi connectivity index (χ4v) is 2.84. The summed E-state index contributed by atoms with van der Waals surface area (Å²) in [5.41, 5.74) is 0.169. The van der Waals surface area contributed by atoms with Gasteiger partial charge in [-0.15, -0.1) is 0 Å². The van der Waals surface area contributed by atoms with Crippen LogP contribution in [0.25, 0.3) is 16.9 Å². The van der Waals surface area contributed by atoms with Crippen LogP contribution in [-0.4, -0.2) is 25.4 Å². The van der Waals surface area contributed by atoms with Crippen LogP contribution in [0.3, 0.4) is 0 Å². The van der Waals surface area contributed by atoms with Crippen molar-refractivity contribution in [3.05, 3.63) is 82.9 Å². The smallest absolute Gasteiger partial charge is 0.177 e. The maximum absolute atomic E-state index is 14.2. The average molecular weight is 400 g/mol. The molecule has 0 amide bonds. The third-order valence-electron chi connectivity index (χ3n) is 4.20. The monoisotopic (exact) mass is 400 g/mol. The Morgan fingerprint density at radius 3 is 2.38 bits per heavy atom. The van der Waals surface area contributed by atoms with E-state index in [2.05, 4.69) is 15.1 Å². The van der Waals surface area contributed by atoms with Gasteiger partial charge in [0.25, 0.3) is 0 Å². The first-order valence-corrected chi connectivity index (χ1v) is 8.31. The predicted octanol–water partition coefficient (Wildman–Crippen LogP) is 3.45. The Labute approximate surface area is 160 Å². The van der Waals surface area contributed by atoms with Crippen molar-refractivity contribution in [1.29, 1.82) is 5.41 Å². The highest BCUT2D eigenvalue weighted by Gasteiger charge is 2.16. The van der Waals surface area contributed by atoms with Gasteiger partial charge in [0.15, 0.2) is 16.7 Å². The van der Waals surface area contributed by atoms with E-state index in [9.17, 15) is 17.6 Å². The van der Waals surface area contributed by atoms with E-state index in [1.54, 1.807) is 6.92 Å². The van der Waals surface area contributed by atoms with E-state index in [0.29, 0.717) is 5.82 Å². The Hall–Kier alpha value is -3.82. The largest absolute Gasteiger partial charge is 0.281 e. The first-order chi connectivity index (χ1) is 13.8. The number of benzene rings is 2. The van der Waals surface area contributed by atoms with E-state index in [0.717, 1.165) is 35.2 Å². The highest BCUT2D eigenvalue weighted by molar-refractivity contribution is 5.80. The highest BCUT2D eigenvalue weighted by atomic mass is 19.1. The summed E-state index contributed by atoms with van der Waals surface area (Å²) in [5, 5.41) is 12.2. The lowest BCUT2D eigenvalue weighted by atomic mass is 10.2. The van der Waals surface area contributed by atoms with Crippen LogP contribution in [0.5, 0.6) is 0 Å². The van der Waals surface area contributed by atoms with E-state index in [1.165, 1.54) is 23.0 Å². The van der Waals surface area contributed by atoms with Gasteiger partial charge in [-0.1, -0.05) is 0 Å². The molecule has 0 spiro atoms. The van der Waals surface area contributed by atoms with Crippen LogP contribution in [0.15, 0.2) is 47.8 Å². The van der Waals surface area contributed by atoms with Crippen molar-refractivity contribution in [2.24, 2.45) is 5.10 Å². The first kappa shape index (κ1) is 18.5. The molecule has 0 unspecified atom stereocenters. The molecular weight excluding hydrogens is 388 g/mol. The van der Waals surface area contributed by atoms with Crippen LogP contribution in [0.1, 0.15) is 11.4 Å². The first-order valence-electron chi connectivity index (χ1n) is 8.31. The molecule has 4 rings (SSSR count). The third-order valence-corrected chi connectivity index (χ3v) is 4.20. The van der Waals surface area contributed by atoms with Crippen molar-refractivity contribution < 1.29 is 17.6 Å². The minimum absolute atomic E-state index is 0.0218. The van der Waals surface area contributed by atoms with Crippen LogP contribution in [0, 0.1) is 35.6 Å². The predicted molar refractivity (Wildman–Crippen MR) is 96.7 cm³/mol. The van der Waals surface area contributed by atoms with Gasteiger partial charge in [0.2, 0.25) is 0 Å². The van der Waals surface area contributed by atoms with Crippen LogP contribution >= 0.6 is 0 Å². The molecular formula is C19H12F4N6. The van der Waals surface area contributed by atoms with E-state index in [4.69, 9.17) is 5.41 Å². The number of fused-ring (bicyclic) bond motifs is 1. The fourth-order valence-electron chi connectivity index (χ4n) is 2.84. The minimum atomic E-state index is -0.804. The molecule has 0 saturated heterocycles. The van der Waals surface area contributed by atoms with Gasteiger partial charge in [0.1, 0.15) is 35.4 Å². The molecule has 1 N–H and O–H groups in total. The molecule has 29 heavy (non-hydrogen) atoms. The second-order valence-electron chi connectivity index (χ2n) is 6.11. The van der Waals surface area contributed by atoms with Crippen LogP contribution in [-0.2, 0) is 0 Å². The summed E-state index contributed by atoms with van der Waals surface area (Å²) in [5.74, 6) is -2.71. The van der Waals surface area contributed by atoms with Gasteiger partial charge in [-0.3, -0.25) is 9.98 Å². The highest BCUT2D eigenvalue weighted by Crippen LogP contribution is 2.21. The summed E-state index contributed by atoms with van der Waals surface area (Å²) in [7, 11) is 0. The van der Waals surface area contributed by atoms with Crippen molar-refractivity contribution in [3.8, 4) is 5.69 Å². The molecule has 2 aromatic carbocycles. The number of imidazole rings is 1. The zero-order valence-electron chi connectivity index (χ0n) is 14.9. The number of rotatable bonds is 3. The summed E-state index contributed by atoms with van der Waals surface area (Å²) in [4.78, 5) is 8.40. The zero-order chi connectivity index (χ0) is 20.7. The molecule has 2 aromatic heterocycles. The van der Waals surface area contributed by atoms with Gasteiger partial charge in [-0.05, 0) is 31.2 Å². The lowest BCUT2D eigenvalue weighted by Gasteiger charge is -2.07. The molecule has 10 heteroatoms. The van der Waals surface area contributed by atoms with Gasteiger partial charge in [-0.2, -0.15) is 5.10 Å². The molecule has 0 atom stereocenters. The molecule has 2 heterocycles. The van der Waals surface area contributed by atoms with E-state index in [-0.39, 0.29) is 27.9 Å². The summed E-state index contributed by atoms with van der Waals surface area (Å²) in [6.45, 7) is 1.59. The maximum atomic E-state index is 14.2. The fraction of sp³-hybridized carbons (Fsp3) is 0.0526. The van der Waals surface area contributed by atoms with Crippen LogP contribution < -0.4 is 5.49 Å². The SMILES string of the molecule is Cc1nc2c(=N)n(N=Cc3ccc(F)cc3F)cnc2n1-c1ccc(F)cc1F. The molecule has 0 aliphatic carbocycles. The molecule has 0 aliphatic heterocycles. The summed E-state index contributed by atoms with van der Waals surface area (Å²) in [6, 6.07) is 6.11. The van der Waals surface area contributed by atoms with Crippen LogP contribution in [0.2, 0.25) is 0 Å². The zero-order valence-corrected chi connectivity index (χ0v) is 14.9. The minimum Gasteiger partial charge on any atom is -0.281 e. The van der Waals surface area contributed by atoms with Gasteiger partial charge in [0, 0.05) is 17.7 Å². The van der Waals surface area contributed by atoms with Gasteiger partial charge >= 0.3 is 0 Å². The van der Waals surface area contributed by atoms with Crippen molar-refractivity contribution >= 4 is 17.4 Å². The second-order valence-corrected chi connectivity index (χ2v) is 6.11. The van der Waals surface area contributed by atoms with Crippen molar-refractivity contribution in [3.63, 3.8) is 0 Å². The normalized spacial score (nSPS) is 11.6. The van der Waals surface area contributed by atoms with Crippen molar-refractivity contribution in [2.45, 2.75) is 6.92 Å². The van der Waals surface area contributed by atoms with Gasteiger partial charge < -0.3 is 0 Å². The Bertz CT molecular complexity index is 1340. The second kappa shape index (κ2) is 6.97. The molecule has 6 nitrogen and oxygen atoms in total. The lowest BCUT2D eigenvalue weighted by Crippen LogP contribution is -2.18. The van der Waals surface area contributed by atoms with Crippen molar-refractivity contribution in [2.75, 3.05) is 0 Å². The third kappa shape index (κ3) is 3.28. The summed E-state index contributed by atoms with van der Waals surface area (Å²) >= 11 is 0. The molecule has 0 radical (unpaired) electrons. The van der Waals surface area contributed by atoms with E-state index >= 15 is 0 Å². The Morgan fingerprint density at radius 1 is 1.00 bits per heavy atom. The molecule has 146 valence electrons. The molecule has 0 fully saturated rings. The summed E-state index contributed by atoms with van der Waals surface area (Å²) < 4.78 is 56.6. The average Bonchev–Trinajstić information content (AvgIpc) is 2.99. The van der Waals surface area contributed by atoms with Gasteiger partial charge in [0.05, 0.1) is 11.9 Å². The Balaban J connectivity index is 1.81. The molecule has 0 bridgehead atoms. The number of hydrogen-bond acceptors (Lipinski definition) is 4. The lowest BCUT2D eigenvalue weighted by molar-refractivity contribution is 0.577. The van der Waals surface area contributed by atoms with Crippen LogP contribution in [0.4, 0.5) is 17.6 Å². The maximum Gasteiger partial charge on any atom is 0.177 e. The number of aromatic nitrogens is 4. The Morgan fingerprint density at radius 2 is 1.69 bits per heavy atom.